The first kappa shape index (κ1) is 25.4. The number of halogens is 3. The summed E-state index contributed by atoms with van der Waals surface area (Å²) >= 11 is 0. The smallest absolute Gasteiger partial charge is 0.380 e. The SMILES string of the molecule is O=C(CC1CN(C2CCOC2)C[C@@H]1CCc1ccccn1)CN1CCc2ccc(C(F)(F)F)cc2C1. The Kier molecular flexibility index (Phi) is 7.74. The predicted molar refractivity (Wildman–Crippen MR) is 130 cm³/mol. The lowest BCUT2D eigenvalue weighted by Gasteiger charge is -2.29. The maximum atomic E-state index is 13.2. The first-order chi connectivity index (χ1) is 17.3. The molecule has 0 N–H and O–H groups in total. The maximum Gasteiger partial charge on any atom is 0.416 e. The number of alkyl halides is 3. The molecular weight excluding hydrogens is 467 g/mol. The lowest BCUT2D eigenvalue weighted by atomic mass is 9.87. The molecule has 1 aromatic carbocycles. The number of benzene rings is 1. The van der Waals surface area contributed by atoms with E-state index in [4.69, 9.17) is 4.74 Å². The average Bonchev–Trinajstić information content (AvgIpc) is 3.53. The summed E-state index contributed by atoms with van der Waals surface area (Å²) < 4.78 is 45.1. The summed E-state index contributed by atoms with van der Waals surface area (Å²) in [6, 6.07) is 10.4. The van der Waals surface area contributed by atoms with Crippen LogP contribution >= 0.6 is 0 Å². The highest BCUT2D eigenvalue weighted by Gasteiger charge is 2.38. The van der Waals surface area contributed by atoms with Gasteiger partial charge in [-0.3, -0.25) is 19.6 Å². The summed E-state index contributed by atoms with van der Waals surface area (Å²) in [4.78, 5) is 22.1. The number of carbonyl (C=O) groups excluding carboxylic acids is 1. The van der Waals surface area contributed by atoms with Gasteiger partial charge in [0.2, 0.25) is 0 Å². The molecule has 3 aliphatic rings. The van der Waals surface area contributed by atoms with E-state index in [0.717, 1.165) is 62.9 Å². The Hall–Kier alpha value is -2.29. The Morgan fingerprint density at radius 2 is 1.97 bits per heavy atom. The zero-order chi connectivity index (χ0) is 25.1. The molecule has 0 aliphatic carbocycles. The van der Waals surface area contributed by atoms with Crippen LogP contribution in [0.1, 0.15) is 41.6 Å². The molecule has 0 bridgehead atoms. The van der Waals surface area contributed by atoms with Gasteiger partial charge in [0, 0.05) is 57.1 Å². The van der Waals surface area contributed by atoms with Crippen molar-refractivity contribution in [1.82, 2.24) is 14.8 Å². The molecule has 1 aromatic heterocycles. The summed E-state index contributed by atoms with van der Waals surface area (Å²) in [6.45, 7) is 4.84. The van der Waals surface area contributed by atoms with Crippen LogP contribution in [0.5, 0.6) is 0 Å². The molecule has 194 valence electrons. The molecule has 0 radical (unpaired) electrons. The van der Waals surface area contributed by atoms with Gasteiger partial charge >= 0.3 is 6.18 Å². The van der Waals surface area contributed by atoms with Crippen molar-refractivity contribution in [3.63, 3.8) is 0 Å². The minimum Gasteiger partial charge on any atom is -0.380 e. The second kappa shape index (κ2) is 11.0. The number of aromatic nitrogens is 1. The van der Waals surface area contributed by atoms with Gasteiger partial charge in [-0.1, -0.05) is 12.1 Å². The molecule has 8 heteroatoms. The second-order valence-corrected chi connectivity index (χ2v) is 10.5. The van der Waals surface area contributed by atoms with E-state index >= 15 is 0 Å². The highest BCUT2D eigenvalue weighted by Crippen LogP contribution is 2.34. The zero-order valence-electron chi connectivity index (χ0n) is 20.6. The molecule has 5 nitrogen and oxygen atoms in total. The number of nitrogens with zero attached hydrogens (tertiary/aromatic N) is 3. The number of pyridine rings is 1. The lowest BCUT2D eigenvalue weighted by Crippen LogP contribution is -2.36. The molecular formula is C28H34F3N3O2. The van der Waals surface area contributed by atoms with Gasteiger partial charge in [-0.15, -0.1) is 0 Å². The summed E-state index contributed by atoms with van der Waals surface area (Å²) in [5.41, 5.74) is 2.10. The Labute approximate surface area is 210 Å². The molecule has 0 amide bonds. The van der Waals surface area contributed by atoms with Crippen LogP contribution in [-0.4, -0.2) is 66.0 Å². The molecule has 36 heavy (non-hydrogen) atoms. The predicted octanol–water partition coefficient (Wildman–Crippen LogP) is 4.39. The van der Waals surface area contributed by atoms with Crippen molar-refractivity contribution in [2.75, 3.05) is 39.4 Å². The Balaban J connectivity index is 1.20. The number of aryl methyl sites for hydroxylation is 1. The monoisotopic (exact) mass is 501 g/mol. The molecule has 3 atom stereocenters. The Bertz CT molecular complexity index is 1040. The molecule has 2 saturated heterocycles. The van der Waals surface area contributed by atoms with E-state index in [-0.39, 0.29) is 11.7 Å². The first-order valence-electron chi connectivity index (χ1n) is 13.0. The van der Waals surface area contributed by atoms with Crippen LogP contribution in [0.3, 0.4) is 0 Å². The number of hydrogen-bond donors (Lipinski definition) is 0. The fraction of sp³-hybridized carbons (Fsp3) is 0.571. The number of fused-ring (bicyclic) bond motifs is 1. The van der Waals surface area contributed by atoms with E-state index in [2.05, 4.69) is 16.0 Å². The molecule has 3 aliphatic heterocycles. The van der Waals surface area contributed by atoms with Crippen LogP contribution in [0.2, 0.25) is 0 Å². The van der Waals surface area contributed by atoms with Crippen LogP contribution < -0.4 is 0 Å². The van der Waals surface area contributed by atoms with Gasteiger partial charge in [-0.2, -0.15) is 13.2 Å². The van der Waals surface area contributed by atoms with Gasteiger partial charge in [0.05, 0.1) is 18.7 Å². The third-order valence-corrected chi connectivity index (χ3v) is 8.04. The number of ether oxygens (including phenoxy) is 1. The highest BCUT2D eigenvalue weighted by atomic mass is 19.4. The van der Waals surface area contributed by atoms with Crippen LogP contribution in [0.15, 0.2) is 42.6 Å². The molecule has 0 spiro atoms. The van der Waals surface area contributed by atoms with E-state index in [1.807, 2.05) is 23.2 Å². The zero-order valence-corrected chi connectivity index (χ0v) is 20.6. The van der Waals surface area contributed by atoms with Crippen molar-refractivity contribution in [1.29, 1.82) is 0 Å². The summed E-state index contributed by atoms with van der Waals surface area (Å²) in [5.74, 6) is 0.895. The molecule has 0 saturated carbocycles. The fourth-order valence-corrected chi connectivity index (χ4v) is 6.05. The third kappa shape index (κ3) is 6.15. The Morgan fingerprint density at radius 1 is 1.11 bits per heavy atom. The van der Waals surface area contributed by atoms with E-state index < -0.39 is 11.7 Å². The van der Waals surface area contributed by atoms with E-state index in [1.165, 1.54) is 6.07 Å². The molecule has 2 aromatic rings. The van der Waals surface area contributed by atoms with E-state index in [0.29, 0.717) is 50.0 Å². The maximum absolute atomic E-state index is 13.2. The number of carbonyl (C=O) groups is 1. The van der Waals surface area contributed by atoms with Gasteiger partial charge in [0.25, 0.3) is 0 Å². The van der Waals surface area contributed by atoms with E-state index in [9.17, 15) is 18.0 Å². The van der Waals surface area contributed by atoms with Crippen molar-refractivity contribution in [2.24, 2.45) is 11.8 Å². The van der Waals surface area contributed by atoms with Crippen LogP contribution in [-0.2, 0) is 35.1 Å². The molecule has 4 heterocycles. The highest BCUT2D eigenvalue weighted by molar-refractivity contribution is 5.80. The van der Waals surface area contributed by atoms with Crippen molar-refractivity contribution in [2.45, 2.75) is 50.9 Å². The topological polar surface area (TPSA) is 45.7 Å². The molecule has 2 fully saturated rings. The first-order valence-corrected chi connectivity index (χ1v) is 13.0. The number of Topliss-reactive ketones (excluding diaryl/α,β-unsaturated/α-hetero) is 1. The Morgan fingerprint density at radius 3 is 2.72 bits per heavy atom. The summed E-state index contributed by atoms with van der Waals surface area (Å²) in [7, 11) is 0. The minimum atomic E-state index is -4.35. The van der Waals surface area contributed by atoms with Gasteiger partial charge in [0.15, 0.2) is 0 Å². The minimum absolute atomic E-state index is 0.183. The van der Waals surface area contributed by atoms with Crippen molar-refractivity contribution < 1.29 is 22.7 Å². The van der Waals surface area contributed by atoms with Crippen molar-refractivity contribution in [3.05, 3.63) is 65.0 Å². The standard InChI is InChI=1S/C28H34F3N3O2/c29-28(30,31)24-6-4-20-8-11-33(15-22(20)13-24)18-27(35)14-23-17-34(26-9-12-36-19-26)16-21(23)5-7-25-3-1-2-10-32-25/h1-4,6,10,13,21,23,26H,5,7-9,11-12,14-19H2/t21-,23?,26?/m0/s1. The van der Waals surface area contributed by atoms with Gasteiger partial charge < -0.3 is 4.74 Å². The number of rotatable bonds is 8. The average molecular weight is 502 g/mol. The van der Waals surface area contributed by atoms with Crippen LogP contribution in [0.4, 0.5) is 13.2 Å². The number of ketones is 1. The van der Waals surface area contributed by atoms with Crippen molar-refractivity contribution in [3.8, 4) is 0 Å². The number of hydrogen-bond acceptors (Lipinski definition) is 5. The normalized spacial score (nSPS) is 25.2. The summed E-state index contributed by atoms with van der Waals surface area (Å²) in [6.07, 6.45) is 1.60. The van der Waals surface area contributed by atoms with Gasteiger partial charge in [-0.05, 0) is 72.9 Å². The van der Waals surface area contributed by atoms with Gasteiger partial charge in [-0.25, -0.2) is 0 Å². The fourth-order valence-electron chi connectivity index (χ4n) is 6.05. The van der Waals surface area contributed by atoms with Gasteiger partial charge in [0.1, 0.15) is 5.78 Å². The second-order valence-electron chi connectivity index (χ2n) is 10.5. The van der Waals surface area contributed by atoms with Crippen molar-refractivity contribution >= 4 is 5.78 Å². The third-order valence-electron chi connectivity index (χ3n) is 8.04. The van der Waals surface area contributed by atoms with Crippen LogP contribution in [0.25, 0.3) is 0 Å². The molecule has 2 unspecified atom stereocenters. The quantitative estimate of drug-likeness (QED) is 0.537. The summed E-state index contributed by atoms with van der Waals surface area (Å²) in [5, 5.41) is 0. The molecule has 5 rings (SSSR count). The largest absolute Gasteiger partial charge is 0.416 e. The number of likely N-dealkylation sites (tertiary alicyclic amines) is 1. The van der Waals surface area contributed by atoms with Crippen LogP contribution in [0, 0.1) is 11.8 Å². The van der Waals surface area contributed by atoms with E-state index in [1.54, 1.807) is 6.07 Å². The lowest BCUT2D eigenvalue weighted by molar-refractivity contribution is -0.137.